The van der Waals surface area contributed by atoms with Crippen molar-refractivity contribution in [1.29, 1.82) is 0 Å². The van der Waals surface area contributed by atoms with Gasteiger partial charge in [0.2, 0.25) is 10.0 Å². The highest BCUT2D eigenvalue weighted by molar-refractivity contribution is 7.89. The van der Waals surface area contributed by atoms with E-state index in [0.717, 1.165) is 15.4 Å². The third kappa shape index (κ3) is 5.14. The van der Waals surface area contributed by atoms with Crippen LogP contribution in [0.2, 0.25) is 0 Å². The Kier molecular flexibility index (Phi) is 6.33. The van der Waals surface area contributed by atoms with Crippen LogP contribution >= 0.6 is 0 Å². The van der Waals surface area contributed by atoms with Crippen molar-refractivity contribution in [3.8, 4) is 0 Å². The maximum atomic E-state index is 12.5. The van der Waals surface area contributed by atoms with Crippen LogP contribution in [0.4, 0.5) is 0 Å². The molecule has 0 amide bonds. The van der Waals surface area contributed by atoms with Crippen LogP contribution in [0.3, 0.4) is 0 Å². The molecule has 2 aromatic carbocycles. The van der Waals surface area contributed by atoms with Gasteiger partial charge in [-0.1, -0.05) is 56.3 Å². The zero-order valence-electron chi connectivity index (χ0n) is 14.7. The molecule has 0 fully saturated rings. The molecule has 2 aromatic rings. The third-order valence-electron chi connectivity index (χ3n) is 3.85. The SMILES string of the molecule is CC(C)c1ccc(S(=O)(=O)N(C)CC(=O)OCc2ccccc2)cc1. The molecular weight excluding hydrogens is 338 g/mol. The van der Waals surface area contributed by atoms with E-state index in [9.17, 15) is 13.2 Å². The molecule has 2 rings (SSSR count). The van der Waals surface area contributed by atoms with E-state index in [2.05, 4.69) is 0 Å². The fourth-order valence-electron chi connectivity index (χ4n) is 2.26. The van der Waals surface area contributed by atoms with Crippen LogP contribution in [-0.4, -0.2) is 32.3 Å². The number of sulfonamides is 1. The number of nitrogens with zero attached hydrogens (tertiary/aromatic N) is 1. The van der Waals surface area contributed by atoms with Crippen LogP contribution in [0.5, 0.6) is 0 Å². The van der Waals surface area contributed by atoms with Gasteiger partial charge in [-0.15, -0.1) is 0 Å². The largest absolute Gasteiger partial charge is 0.460 e. The minimum atomic E-state index is -3.73. The average Bonchev–Trinajstić information content (AvgIpc) is 2.60. The van der Waals surface area contributed by atoms with Crippen LogP contribution in [0.1, 0.15) is 30.9 Å². The van der Waals surface area contributed by atoms with E-state index < -0.39 is 16.0 Å². The second kappa shape index (κ2) is 8.27. The monoisotopic (exact) mass is 361 g/mol. The van der Waals surface area contributed by atoms with Gasteiger partial charge in [0, 0.05) is 7.05 Å². The van der Waals surface area contributed by atoms with Crippen molar-refractivity contribution < 1.29 is 17.9 Å². The van der Waals surface area contributed by atoms with Gasteiger partial charge in [0.05, 0.1) is 4.90 Å². The molecule has 6 heteroatoms. The predicted octanol–water partition coefficient (Wildman–Crippen LogP) is 3.17. The highest BCUT2D eigenvalue weighted by atomic mass is 32.2. The maximum Gasteiger partial charge on any atom is 0.321 e. The van der Waals surface area contributed by atoms with Crippen molar-refractivity contribution >= 4 is 16.0 Å². The van der Waals surface area contributed by atoms with Gasteiger partial charge >= 0.3 is 5.97 Å². The smallest absolute Gasteiger partial charge is 0.321 e. The number of hydrogen-bond donors (Lipinski definition) is 0. The molecule has 0 radical (unpaired) electrons. The van der Waals surface area contributed by atoms with Crippen molar-refractivity contribution in [3.63, 3.8) is 0 Å². The number of likely N-dealkylation sites (N-methyl/N-ethyl adjacent to an activating group) is 1. The Hall–Kier alpha value is -2.18. The summed E-state index contributed by atoms with van der Waals surface area (Å²) in [6.45, 7) is 3.87. The summed E-state index contributed by atoms with van der Waals surface area (Å²) in [6.07, 6.45) is 0. The molecule has 0 spiro atoms. The van der Waals surface area contributed by atoms with Crippen molar-refractivity contribution in [2.75, 3.05) is 13.6 Å². The van der Waals surface area contributed by atoms with Gasteiger partial charge in [-0.25, -0.2) is 8.42 Å². The van der Waals surface area contributed by atoms with Crippen molar-refractivity contribution in [2.45, 2.75) is 31.3 Å². The Labute approximate surface area is 149 Å². The third-order valence-corrected chi connectivity index (χ3v) is 5.67. The molecule has 0 heterocycles. The van der Waals surface area contributed by atoms with Crippen LogP contribution in [0.15, 0.2) is 59.5 Å². The molecular formula is C19H23NO4S. The fraction of sp³-hybridized carbons (Fsp3) is 0.316. The highest BCUT2D eigenvalue weighted by Gasteiger charge is 2.23. The predicted molar refractivity (Wildman–Crippen MR) is 96.6 cm³/mol. The zero-order chi connectivity index (χ0) is 18.4. The van der Waals surface area contributed by atoms with E-state index in [0.29, 0.717) is 5.92 Å². The fourth-order valence-corrected chi connectivity index (χ4v) is 3.37. The van der Waals surface area contributed by atoms with E-state index in [1.165, 1.54) is 7.05 Å². The number of ether oxygens (including phenoxy) is 1. The van der Waals surface area contributed by atoms with E-state index in [1.807, 2.05) is 44.2 Å². The topological polar surface area (TPSA) is 63.7 Å². The number of benzene rings is 2. The van der Waals surface area contributed by atoms with Gasteiger partial charge in [-0.05, 0) is 29.2 Å². The van der Waals surface area contributed by atoms with E-state index in [1.54, 1.807) is 24.3 Å². The highest BCUT2D eigenvalue weighted by Crippen LogP contribution is 2.19. The van der Waals surface area contributed by atoms with Gasteiger partial charge in [0.15, 0.2) is 0 Å². The lowest BCUT2D eigenvalue weighted by Crippen LogP contribution is -2.33. The van der Waals surface area contributed by atoms with Gasteiger partial charge in [-0.2, -0.15) is 4.31 Å². The van der Waals surface area contributed by atoms with Crippen LogP contribution < -0.4 is 0 Å². The van der Waals surface area contributed by atoms with Crippen molar-refractivity contribution in [3.05, 3.63) is 65.7 Å². The summed E-state index contributed by atoms with van der Waals surface area (Å²) in [5.41, 5.74) is 1.91. The summed E-state index contributed by atoms with van der Waals surface area (Å²) >= 11 is 0. The van der Waals surface area contributed by atoms with Crippen molar-refractivity contribution in [1.82, 2.24) is 4.31 Å². The molecule has 0 unspecified atom stereocenters. The Morgan fingerprint density at radius 1 is 1.04 bits per heavy atom. The Balaban J connectivity index is 1.98. The Bertz CT molecular complexity index is 799. The molecule has 0 aliphatic heterocycles. The molecule has 0 saturated heterocycles. The van der Waals surface area contributed by atoms with E-state index in [4.69, 9.17) is 4.74 Å². The average molecular weight is 361 g/mol. The number of carbonyl (C=O) groups is 1. The molecule has 0 aliphatic carbocycles. The van der Waals surface area contributed by atoms with Crippen molar-refractivity contribution in [2.24, 2.45) is 0 Å². The number of rotatable bonds is 7. The molecule has 0 saturated carbocycles. The summed E-state index contributed by atoms with van der Waals surface area (Å²) in [4.78, 5) is 12.1. The van der Waals surface area contributed by atoms with Gasteiger partial charge < -0.3 is 4.74 Å². The quantitative estimate of drug-likeness (QED) is 0.711. The molecule has 0 aromatic heterocycles. The minimum absolute atomic E-state index is 0.122. The first-order chi connectivity index (χ1) is 11.8. The maximum absolute atomic E-state index is 12.5. The standard InChI is InChI=1S/C19H23NO4S/c1-15(2)17-9-11-18(12-10-17)25(22,23)20(3)13-19(21)24-14-16-7-5-4-6-8-16/h4-12,15H,13-14H2,1-3H3. The summed E-state index contributed by atoms with van der Waals surface area (Å²) < 4.78 is 31.2. The van der Waals surface area contributed by atoms with Gasteiger partial charge in [0.1, 0.15) is 13.2 Å². The zero-order valence-corrected chi connectivity index (χ0v) is 15.5. The first kappa shape index (κ1) is 19.1. The lowest BCUT2D eigenvalue weighted by atomic mass is 10.0. The summed E-state index contributed by atoms with van der Waals surface area (Å²) in [6, 6.07) is 16.0. The van der Waals surface area contributed by atoms with Crippen LogP contribution in [0.25, 0.3) is 0 Å². The molecule has 134 valence electrons. The minimum Gasteiger partial charge on any atom is -0.460 e. The normalized spacial score (nSPS) is 11.7. The molecule has 0 atom stereocenters. The number of carbonyl (C=O) groups excluding carboxylic acids is 1. The van der Waals surface area contributed by atoms with E-state index >= 15 is 0 Å². The molecule has 0 N–H and O–H groups in total. The summed E-state index contributed by atoms with van der Waals surface area (Å²) in [7, 11) is -2.36. The lowest BCUT2D eigenvalue weighted by Gasteiger charge is -2.17. The second-order valence-electron chi connectivity index (χ2n) is 6.13. The summed E-state index contributed by atoms with van der Waals surface area (Å²) in [5, 5.41) is 0. The van der Waals surface area contributed by atoms with Crippen LogP contribution in [-0.2, 0) is 26.2 Å². The van der Waals surface area contributed by atoms with Gasteiger partial charge in [0.25, 0.3) is 0 Å². The second-order valence-corrected chi connectivity index (χ2v) is 8.18. The molecule has 0 bridgehead atoms. The van der Waals surface area contributed by atoms with Gasteiger partial charge in [-0.3, -0.25) is 4.79 Å². The first-order valence-electron chi connectivity index (χ1n) is 8.06. The Morgan fingerprint density at radius 3 is 2.20 bits per heavy atom. The Morgan fingerprint density at radius 2 is 1.64 bits per heavy atom. The lowest BCUT2D eigenvalue weighted by molar-refractivity contribution is -0.144. The molecule has 5 nitrogen and oxygen atoms in total. The van der Waals surface area contributed by atoms with Crippen LogP contribution in [0, 0.1) is 0 Å². The molecule has 25 heavy (non-hydrogen) atoms. The van der Waals surface area contributed by atoms with E-state index in [-0.39, 0.29) is 18.0 Å². The summed E-state index contributed by atoms with van der Waals surface area (Å²) in [5.74, 6) is -0.267. The number of hydrogen-bond acceptors (Lipinski definition) is 4. The molecule has 0 aliphatic rings. The number of esters is 1. The first-order valence-corrected chi connectivity index (χ1v) is 9.50.